The zero-order valence-corrected chi connectivity index (χ0v) is 26.1. The molecular formula is C29H49N5O7. The summed E-state index contributed by atoms with van der Waals surface area (Å²) in [5, 5.41) is 5.51. The van der Waals surface area contributed by atoms with Crippen LogP contribution in [-0.4, -0.2) is 108 Å². The molecule has 0 radical (unpaired) electrons. The lowest BCUT2D eigenvalue weighted by Crippen LogP contribution is -2.60. The van der Waals surface area contributed by atoms with Crippen LogP contribution in [0.1, 0.15) is 74.1 Å². The summed E-state index contributed by atoms with van der Waals surface area (Å²) in [6.45, 7) is 12.9. The largest absolute Gasteiger partial charge is 0.452 e. The molecule has 0 spiro atoms. The van der Waals surface area contributed by atoms with Crippen LogP contribution in [0.3, 0.4) is 0 Å². The first-order valence-corrected chi connectivity index (χ1v) is 14.7. The van der Waals surface area contributed by atoms with E-state index < -0.39 is 65.8 Å². The van der Waals surface area contributed by atoms with Gasteiger partial charge in [-0.15, -0.1) is 0 Å². The van der Waals surface area contributed by atoms with Gasteiger partial charge < -0.3 is 30.1 Å². The summed E-state index contributed by atoms with van der Waals surface area (Å²) in [7, 11) is 3.02. The van der Waals surface area contributed by atoms with E-state index in [4.69, 9.17) is 4.74 Å². The van der Waals surface area contributed by atoms with Crippen molar-refractivity contribution in [1.82, 2.24) is 25.3 Å². The zero-order valence-electron chi connectivity index (χ0n) is 26.1. The molecule has 1 unspecified atom stereocenters. The molecule has 5 atom stereocenters. The molecule has 0 aromatic rings. The van der Waals surface area contributed by atoms with Crippen LogP contribution in [0.4, 0.5) is 0 Å². The normalized spacial score (nSPS) is 28.4. The van der Waals surface area contributed by atoms with Crippen LogP contribution in [-0.2, 0) is 33.5 Å². The van der Waals surface area contributed by atoms with Crippen LogP contribution < -0.4 is 10.6 Å². The number of rotatable bonds is 4. The standard InChI is InChI=1S/C29H49N5O7/c1-16(2)15-21-27(38)34-14-10-11-20(34)26(37)31-23(17(3)4)28(39)33(9)24(18(5)6)29(40)32(8)19(7)25(36)30-13-12-22(35)41-21/h16-21,23-24H,10-15H2,1-9H3,(H,30,36)(H,31,37)/t19-,20-,21+,23-,24?/m0/s1. The van der Waals surface area contributed by atoms with Crippen molar-refractivity contribution < 1.29 is 33.5 Å². The third kappa shape index (κ3) is 8.42. The summed E-state index contributed by atoms with van der Waals surface area (Å²) in [5.74, 6) is -3.45. The monoisotopic (exact) mass is 579 g/mol. The number of carbonyl (C=O) groups excluding carboxylic acids is 6. The number of nitrogens with one attached hydrogen (secondary N) is 2. The molecule has 2 saturated heterocycles. The zero-order chi connectivity index (χ0) is 31.2. The van der Waals surface area contributed by atoms with Crippen LogP contribution in [0.5, 0.6) is 0 Å². The molecule has 2 heterocycles. The number of amides is 5. The van der Waals surface area contributed by atoms with Crippen LogP contribution in [0.15, 0.2) is 0 Å². The van der Waals surface area contributed by atoms with E-state index in [0.29, 0.717) is 19.4 Å². The molecule has 41 heavy (non-hydrogen) atoms. The van der Waals surface area contributed by atoms with Gasteiger partial charge in [-0.1, -0.05) is 41.5 Å². The van der Waals surface area contributed by atoms with Gasteiger partial charge in [-0.05, 0) is 43.9 Å². The Kier molecular flexibility index (Phi) is 12.1. The quantitative estimate of drug-likeness (QED) is 0.471. The van der Waals surface area contributed by atoms with Gasteiger partial charge in [-0.25, -0.2) is 0 Å². The van der Waals surface area contributed by atoms with E-state index >= 15 is 0 Å². The Morgan fingerprint density at radius 3 is 2.05 bits per heavy atom. The number of cyclic esters (lactones) is 1. The van der Waals surface area contributed by atoms with Crippen molar-refractivity contribution in [2.24, 2.45) is 17.8 Å². The molecule has 0 saturated carbocycles. The Morgan fingerprint density at radius 1 is 0.854 bits per heavy atom. The number of fused-ring (bicyclic) bond motifs is 1. The molecule has 2 N–H and O–H groups in total. The Bertz CT molecular complexity index is 998. The number of carbonyl (C=O) groups is 6. The number of nitrogens with zero attached hydrogens (tertiary/aromatic N) is 3. The van der Waals surface area contributed by atoms with Gasteiger partial charge in [-0.2, -0.15) is 0 Å². The van der Waals surface area contributed by atoms with Gasteiger partial charge in [-0.3, -0.25) is 28.8 Å². The lowest BCUT2D eigenvalue weighted by molar-refractivity contribution is -0.162. The number of likely N-dealkylation sites (N-methyl/N-ethyl adjacent to an activating group) is 2. The molecule has 12 heteroatoms. The lowest BCUT2D eigenvalue weighted by Gasteiger charge is -2.37. The SMILES string of the molecule is CC(C)C[C@H]1OC(=O)CCNC(=O)[C@H](C)N(C)C(=O)C(C(C)C)N(C)C(=O)[C@H](C(C)C)NC(=O)[C@@H]2CCCN2C1=O. The topological polar surface area (TPSA) is 145 Å². The highest BCUT2D eigenvalue weighted by Gasteiger charge is 2.42. The lowest BCUT2D eigenvalue weighted by atomic mass is 9.97. The van der Waals surface area contributed by atoms with Crippen molar-refractivity contribution in [3.8, 4) is 0 Å². The Balaban J connectivity index is 2.50. The maximum atomic E-state index is 13.8. The van der Waals surface area contributed by atoms with Crippen LogP contribution >= 0.6 is 0 Å². The number of hydrogen-bond donors (Lipinski definition) is 2. The average molecular weight is 580 g/mol. The minimum Gasteiger partial charge on any atom is -0.452 e. The van der Waals surface area contributed by atoms with Gasteiger partial charge >= 0.3 is 5.97 Å². The van der Waals surface area contributed by atoms with Gasteiger partial charge in [0.15, 0.2) is 6.10 Å². The van der Waals surface area contributed by atoms with Crippen molar-refractivity contribution >= 4 is 35.5 Å². The van der Waals surface area contributed by atoms with E-state index in [1.807, 2.05) is 27.7 Å². The second-order valence-electron chi connectivity index (χ2n) is 12.3. The minimum absolute atomic E-state index is 0.0363. The summed E-state index contributed by atoms with van der Waals surface area (Å²) < 4.78 is 5.58. The van der Waals surface area contributed by atoms with Crippen molar-refractivity contribution in [3.63, 3.8) is 0 Å². The second kappa shape index (κ2) is 14.6. The van der Waals surface area contributed by atoms with Crippen LogP contribution in [0.2, 0.25) is 0 Å². The highest BCUT2D eigenvalue weighted by molar-refractivity contribution is 5.96. The third-order valence-corrected chi connectivity index (χ3v) is 7.89. The van der Waals surface area contributed by atoms with E-state index in [-0.39, 0.29) is 37.1 Å². The molecule has 0 bridgehead atoms. The van der Waals surface area contributed by atoms with Crippen molar-refractivity contribution in [2.75, 3.05) is 27.2 Å². The molecular weight excluding hydrogens is 530 g/mol. The van der Waals surface area contributed by atoms with Gasteiger partial charge in [0.2, 0.25) is 23.6 Å². The predicted molar refractivity (Wildman–Crippen MR) is 152 cm³/mol. The van der Waals surface area contributed by atoms with Gasteiger partial charge in [0.1, 0.15) is 24.2 Å². The summed E-state index contributed by atoms with van der Waals surface area (Å²) in [5.41, 5.74) is 0. The Hall–Kier alpha value is -3.18. The summed E-state index contributed by atoms with van der Waals surface area (Å²) in [4.78, 5) is 84.1. The van der Waals surface area contributed by atoms with Gasteiger partial charge in [0.05, 0.1) is 6.42 Å². The first-order valence-electron chi connectivity index (χ1n) is 14.7. The first kappa shape index (κ1) is 34.0. The van der Waals surface area contributed by atoms with E-state index in [1.165, 1.54) is 28.8 Å². The summed E-state index contributed by atoms with van der Waals surface area (Å²) >= 11 is 0. The van der Waals surface area contributed by atoms with E-state index in [2.05, 4.69) is 10.6 Å². The maximum absolute atomic E-state index is 13.8. The van der Waals surface area contributed by atoms with Crippen molar-refractivity contribution in [2.45, 2.75) is 104 Å². The Morgan fingerprint density at radius 2 is 1.49 bits per heavy atom. The fourth-order valence-electron chi connectivity index (χ4n) is 5.36. The van der Waals surface area contributed by atoms with Crippen molar-refractivity contribution in [1.29, 1.82) is 0 Å². The molecule has 0 aromatic carbocycles. The van der Waals surface area contributed by atoms with Gasteiger partial charge in [0.25, 0.3) is 5.91 Å². The van der Waals surface area contributed by atoms with E-state index in [0.717, 1.165) is 0 Å². The molecule has 232 valence electrons. The fraction of sp³-hybridized carbons (Fsp3) is 0.793. The van der Waals surface area contributed by atoms with Gasteiger partial charge in [0, 0.05) is 27.2 Å². The van der Waals surface area contributed by atoms with E-state index in [1.54, 1.807) is 20.8 Å². The maximum Gasteiger partial charge on any atom is 0.308 e. The Labute approximate surface area is 243 Å². The number of hydrogen-bond acceptors (Lipinski definition) is 7. The van der Waals surface area contributed by atoms with Crippen LogP contribution in [0.25, 0.3) is 0 Å². The molecule has 2 rings (SSSR count). The third-order valence-electron chi connectivity index (χ3n) is 7.89. The number of esters is 1. The first-order chi connectivity index (χ1) is 19.1. The average Bonchev–Trinajstić information content (AvgIpc) is 3.38. The highest BCUT2D eigenvalue weighted by Crippen LogP contribution is 2.23. The summed E-state index contributed by atoms with van der Waals surface area (Å²) in [6, 6.07) is -3.53. The second-order valence-corrected chi connectivity index (χ2v) is 12.3. The highest BCUT2D eigenvalue weighted by atomic mass is 16.5. The molecule has 12 nitrogen and oxygen atoms in total. The molecule has 2 fully saturated rings. The number of ether oxygens (including phenoxy) is 1. The minimum atomic E-state index is -1.07. The van der Waals surface area contributed by atoms with E-state index in [9.17, 15) is 28.8 Å². The van der Waals surface area contributed by atoms with Crippen molar-refractivity contribution in [3.05, 3.63) is 0 Å². The van der Waals surface area contributed by atoms with Crippen LogP contribution in [0, 0.1) is 17.8 Å². The predicted octanol–water partition coefficient (Wildman–Crippen LogP) is 0.926. The molecule has 0 aromatic heterocycles. The molecule has 2 aliphatic rings. The molecule has 2 aliphatic heterocycles. The molecule has 5 amide bonds. The molecule has 0 aliphatic carbocycles. The fourth-order valence-corrected chi connectivity index (χ4v) is 5.36. The smallest absolute Gasteiger partial charge is 0.308 e. The summed E-state index contributed by atoms with van der Waals surface area (Å²) in [6.07, 6.45) is 0.0461.